The molecule has 0 unspecified atom stereocenters. The summed E-state index contributed by atoms with van der Waals surface area (Å²) >= 11 is 0. The lowest BCUT2D eigenvalue weighted by molar-refractivity contribution is 0.592. The van der Waals surface area contributed by atoms with Crippen molar-refractivity contribution in [2.75, 3.05) is 5.75 Å². The molecule has 0 atom stereocenters. The zero-order valence-corrected chi connectivity index (χ0v) is 9.33. The Morgan fingerprint density at radius 1 is 1.13 bits per heavy atom. The first kappa shape index (κ1) is 11.8. The van der Waals surface area contributed by atoms with Crippen molar-refractivity contribution in [3.8, 4) is 12.3 Å². The number of unbranched alkanes of at least 4 members (excludes halogenated alkanes) is 2. The van der Waals surface area contributed by atoms with Crippen LogP contribution in [0.15, 0.2) is 35.2 Å². The molecule has 15 heavy (non-hydrogen) atoms. The minimum Gasteiger partial charge on any atom is -0.224 e. The molecule has 0 saturated heterocycles. The minimum absolute atomic E-state index is 0.179. The number of hydrogen-bond acceptors (Lipinski definition) is 2. The molecule has 0 N–H and O–H groups in total. The van der Waals surface area contributed by atoms with Crippen molar-refractivity contribution in [1.29, 1.82) is 0 Å². The van der Waals surface area contributed by atoms with Gasteiger partial charge in [0.2, 0.25) is 0 Å². The Hall–Kier alpha value is -1.27. The summed E-state index contributed by atoms with van der Waals surface area (Å²) in [5.41, 5.74) is 0. The third kappa shape index (κ3) is 3.77. The smallest absolute Gasteiger partial charge is 0.178 e. The molecule has 0 fully saturated rings. The molecule has 80 valence electrons. The lowest BCUT2D eigenvalue weighted by atomic mass is 10.3. The maximum absolute atomic E-state index is 11.7. The van der Waals surface area contributed by atoms with Crippen LogP contribution in [0.2, 0.25) is 0 Å². The van der Waals surface area contributed by atoms with Crippen LogP contribution in [0.5, 0.6) is 0 Å². The van der Waals surface area contributed by atoms with Gasteiger partial charge in [-0.05, 0) is 25.0 Å². The van der Waals surface area contributed by atoms with Crippen LogP contribution in [-0.2, 0) is 9.84 Å². The van der Waals surface area contributed by atoms with Crippen molar-refractivity contribution in [3.05, 3.63) is 30.3 Å². The van der Waals surface area contributed by atoms with Gasteiger partial charge in [-0.25, -0.2) is 8.42 Å². The first-order valence-electron chi connectivity index (χ1n) is 4.88. The van der Waals surface area contributed by atoms with Crippen LogP contribution in [0.25, 0.3) is 0 Å². The second kappa shape index (κ2) is 5.57. The highest BCUT2D eigenvalue weighted by atomic mass is 32.2. The van der Waals surface area contributed by atoms with Gasteiger partial charge in [-0.2, -0.15) is 0 Å². The van der Waals surface area contributed by atoms with Crippen molar-refractivity contribution >= 4 is 9.84 Å². The zero-order valence-electron chi connectivity index (χ0n) is 8.52. The van der Waals surface area contributed by atoms with E-state index in [2.05, 4.69) is 5.92 Å². The highest BCUT2D eigenvalue weighted by Gasteiger charge is 2.12. The largest absolute Gasteiger partial charge is 0.224 e. The lowest BCUT2D eigenvalue weighted by Crippen LogP contribution is -2.06. The predicted molar refractivity (Wildman–Crippen MR) is 61.2 cm³/mol. The number of hydrogen-bond donors (Lipinski definition) is 0. The van der Waals surface area contributed by atoms with E-state index in [0.29, 0.717) is 17.7 Å². The number of sulfone groups is 1. The zero-order chi connectivity index (χ0) is 11.1. The van der Waals surface area contributed by atoms with E-state index in [1.807, 2.05) is 0 Å². The molecule has 0 heterocycles. The summed E-state index contributed by atoms with van der Waals surface area (Å²) in [5, 5.41) is 0. The quantitative estimate of drug-likeness (QED) is 0.565. The minimum atomic E-state index is -3.11. The first-order valence-corrected chi connectivity index (χ1v) is 6.53. The normalized spacial score (nSPS) is 10.9. The Balaban J connectivity index is 2.58. The van der Waals surface area contributed by atoms with Gasteiger partial charge in [0.15, 0.2) is 9.84 Å². The Kier molecular flexibility index (Phi) is 4.38. The number of rotatable bonds is 5. The molecule has 0 aliphatic carbocycles. The summed E-state index contributed by atoms with van der Waals surface area (Å²) < 4.78 is 23.5. The molecule has 0 aromatic heterocycles. The highest BCUT2D eigenvalue weighted by molar-refractivity contribution is 7.91. The Morgan fingerprint density at radius 2 is 1.80 bits per heavy atom. The van der Waals surface area contributed by atoms with Crippen LogP contribution in [0.1, 0.15) is 19.3 Å². The molecule has 0 amide bonds. The summed E-state index contributed by atoms with van der Waals surface area (Å²) in [4.78, 5) is 0.394. The average molecular weight is 222 g/mol. The standard InChI is InChI=1S/C12H14O2S/c1-2-3-4-8-11-15(13,14)12-9-6-5-7-10-12/h1,5-7,9-10H,3-4,8,11H2. The molecular formula is C12H14O2S. The van der Waals surface area contributed by atoms with E-state index in [1.165, 1.54) is 0 Å². The molecular weight excluding hydrogens is 208 g/mol. The Bertz CT molecular complexity index is 426. The molecule has 0 saturated carbocycles. The van der Waals surface area contributed by atoms with Gasteiger partial charge in [0, 0.05) is 6.42 Å². The third-order valence-corrected chi connectivity index (χ3v) is 3.90. The van der Waals surface area contributed by atoms with Gasteiger partial charge in [-0.1, -0.05) is 18.2 Å². The summed E-state index contributed by atoms with van der Waals surface area (Å²) in [5.74, 6) is 2.68. The molecule has 1 rings (SSSR count). The van der Waals surface area contributed by atoms with E-state index < -0.39 is 9.84 Å². The summed E-state index contributed by atoms with van der Waals surface area (Å²) in [6.07, 6.45) is 7.13. The van der Waals surface area contributed by atoms with Gasteiger partial charge >= 0.3 is 0 Å². The van der Waals surface area contributed by atoms with Crippen LogP contribution in [0.3, 0.4) is 0 Å². The molecule has 1 aromatic carbocycles. The van der Waals surface area contributed by atoms with Gasteiger partial charge in [-0.3, -0.25) is 0 Å². The van der Waals surface area contributed by atoms with Crippen molar-refractivity contribution in [2.45, 2.75) is 24.2 Å². The van der Waals surface area contributed by atoms with E-state index in [9.17, 15) is 8.42 Å². The van der Waals surface area contributed by atoms with Gasteiger partial charge < -0.3 is 0 Å². The van der Waals surface area contributed by atoms with E-state index in [4.69, 9.17) is 6.42 Å². The highest BCUT2D eigenvalue weighted by Crippen LogP contribution is 2.12. The molecule has 1 aromatic rings. The van der Waals surface area contributed by atoms with E-state index in [-0.39, 0.29) is 5.75 Å². The predicted octanol–water partition coefficient (Wildman–Crippen LogP) is 2.26. The van der Waals surface area contributed by atoms with Crippen LogP contribution in [0.4, 0.5) is 0 Å². The molecule has 0 spiro atoms. The van der Waals surface area contributed by atoms with E-state index in [1.54, 1.807) is 30.3 Å². The first-order chi connectivity index (χ1) is 7.17. The molecule has 3 heteroatoms. The summed E-state index contributed by atoms with van der Waals surface area (Å²) in [6, 6.07) is 8.51. The topological polar surface area (TPSA) is 34.1 Å². The second-order valence-corrected chi connectivity index (χ2v) is 5.40. The molecule has 0 aliphatic rings. The second-order valence-electron chi connectivity index (χ2n) is 3.29. The number of benzene rings is 1. The Morgan fingerprint density at radius 3 is 2.40 bits per heavy atom. The molecule has 0 aliphatic heterocycles. The van der Waals surface area contributed by atoms with Gasteiger partial charge in [-0.15, -0.1) is 12.3 Å². The van der Waals surface area contributed by atoms with Gasteiger partial charge in [0.1, 0.15) is 0 Å². The number of terminal acetylenes is 1. The van der Waals surface area contributed by atoms with E-state index in [0.717, 1.165) is 6.42 Å². The van der Waals surface area contributed by atoms with Crippen molar-refractivity contribution in [1.82, 2.24) is 0 Å². The van der Waals surface area contributed by atoms with Crippen LogP contribution >= 0.6 is 0 Å². The molecule has 0 radical (unpaired) electrons. The average Bonchev–Trinajstić information content (AvgIpc) is 2.26. The fraction of sp³-hybridized carbons (Fsp3) is 0.333. The van der Waals surface area contributed by atoms with Gasteiger partial charge in [0.25, 0.3) is 0 Å². The fourth-order valence-electron chi connectivity index (χ4n) is 1.26. The van der Waals surface area contributed by atoms with E-state index >= 15 is 0 Å². The van der Waals surface area contributed by atoms with Gasteiger partial charge in [0.05, 0.1) is 10.6 Å². The summed E-state index contributed by atoms with van der Waals surface area (Å²) in [7, 11) is -3.11. The maximum atomic E-state index is 11.7. The fourth-order valence-corrected chi connectivity index (χ4v) is 2.66. The SMILES string of the molecule is C#CCCCCS(=O)(=O)c1ccccc1. The van der Waals surface area contributed by atoms with Crippen LogP contribution in [0, 0.1) is 12.3 Å². The van der Waals surface area contributed by atoms with Crippen molar-refractivity contribution in [3.63, 3.8) is 0 Å². The molecule has 2 nitrogen and oxygen atoms in total. The maximum Gasteiger partial charge on any atom is 0.178 e. The summed E-state index contributed by atoms with van der Waals surface area (Å²) in [6.45, 7) is 0. The monoisotopic (exact) mass is 222 g/mol. The lowest BCUT2D eigenvalue weighted by Gasteiger charge is -2.02. The van der Waals surface area contributed by atoms with Crippen molar-refractivity contribution in [2.24, 2.45) is 0 Å². The van der Waals surface area contributed by atoms with Crippen LogP contribution in [-0.4, -0.2) is 14.2 Å². The Labute approximate surface area is 91.2 Å². The van der Waals surface area contributed by atoms with Crippen molar-refractivity contribution < 1.29 is 8.42 Å². The third-order valence-electron chi connectivity index (χ3n) is 2.09. The van der Waals surface area contributed by atoms with Crippen LogP contribution < -0.4 is 0 Å². The molecule has 0 bridgehead atoms.